The van der Waals surface area contributed by atoms with Crippen LogP contribution in [-0.2, 0) is 16.6 Å². The molecule has 2 fully saturated rings. The van der Waals surface area contributed by atoms with Crippen molar-refractivity contribution in [3.05, 3.63) is 52.9 Å². The molecule has 0 saturated heterocycles. The maximum Gasteiger partial charge on any atom is 0.433 e. The summed E-state index contributed by atoms with van der Waals surface area (Å²) in [5, 5.41) is 23.9. The molecule has 2 heterocycles. The van der Waals surface area contributed by atoms with Gasteiger partial charge in [-0.1, -0.05) is 6.07 Å². The first-order valence-electron chi connectivity index (χ1n) is 11.1. The van der Waals surface area contributed by atoms with Crippen LogP contribution in [0.15, 0.2) is 36.7 Å². The van der Waals surface area contributed by atoms with Gasteiger partial charge in [0.15, 0.2) is 0 Å². The molecule has 3 N–H and O–H groups in total. The minimum absolute atomic E-state index is 0.00936. The van der Waals surface area contributed by atoms with Crippen molar-refractivity contribution in [2.24, 2.45) is 23.7 Å². The molecule has 0 amide bonds. The predicted octanol–water partition coefficient (Wildman–Crippen LogP) is 5.24. The SMILES string of the molecule is Cc1cc(Nc2nccc(C(F)(F)F)n2)cc(-c2cnc(C(C)(O)C3C4CC(C(=O)O)CC43)s2)c1. The molecule has 11 heteroatoms. The van der Waals surface area contributed by atoms with Crippen molar-refractivity contribution in [1.29, 1.82) is 0 Å². The molecule has 0 bridgehead atoms. The van der Waals surface area contributed by atoms with Crippen LogP contribution in [-0.4, -0.2) is 31.1 Å². The maximum absolute atomic E-state index is 13.0. The van der Waals surface area contributed by atoms with E-state index in [4.69, 9.17) is 0 Å². The van der Waals surface area contributed by atoms with E-state index in [0.29, 0.717) is 23.5 Å². The standard InChI is InChI=1S/C24H23F3N4O3S/c1-11-5-12(7-14(6-11)30-22-28-4-3-18(31-22)24(25,26)27)17-10-29-21(35-17)23(2,34)19-15-8-13(20(32)33)9-16(15)19/h3-7,10,13,15-16,19,34H,8-9H2,1-2H3,(H,32,33)(H,28,30,31). The number of aromatic nitrogens is 3. The molecule has 0 radical (unpaired) electrons. The molecule has 1 aromatic carbocycles. The van der Waals surface area contributed by atoms with E-state index in [2.05, 4.69) is 20.3 Å². The fourth-order valence-corrected chi connectivity index (χ4v) is 6.36. The summed E-state index contributed by atoms with van der Waals surface area (Å²) in [4.78, 5) is 24.0. The monoisotopic (exact) mass is 504 g/mol. The molecule has 5 rings (SSSR count). The van der Waals surface area contributed by atoms with Crippen molar-refractivity contribution in [3.8, 4) is 10.4 Å². The lowest BCUT2D eigenvalue weighted by Crippen LogP contribution is -2.28. The van der Waals surface area contributed by atoms with Crippen LogP contribution in [0.25, 0.3) is 10.4 Å². The van der Waals surface area contributed by atoms with Crippen LogP contribution in [0.4, 0.5) is 24.8 Å². The molecule has 2 aliphatic rings. The zero-order valence-corrected chi connectivity index (χ0v) is 19.7. The Morgan fingerprint density at radius 2 is 1.89 bits per heavy atom. The summed E-state index contributed by atoms with van der Waals surface area (Å²) in [7, 11) is 0. The van der Waals surface area contributed by atoms with E-state index in [1.54, 1.807) is 25.3 Å². The quantitative estimate of drug-likeness (QED) is 0.422. The highest BCUT2D eigenvalue weighted by Crippen LogP contribution is 2.65. The van der Waals surface area contributed by atoms with E-state index < -0.39 is 23.4 Å². The lowest BCUT2D eigenvalue weighted by atomic mass is 9.90. The summed E-state index contributed by atoms with van der Waals surface area (Å²) >= 11 is 1.35. The third-order valence-corrected chi connectivity index (χ3v) is 8.22. The smallest absolute Gasteiger partial charge is 0.433 e. The van der Waals surface area contributed by atoms with Crippen molar-refractivity contribution in [2.45, 2.75) is 38.5 Å². The van der Waals surface area contributed by atoms with E-state index in [1.165, 1.54) is 11.3 Å². The molecule has 184 valence electrons. The van der Waals surface area contributed by atoms with Gasteiger partial charge in [-0.25, -0.2) is 15.0 Å². The van der Waals surface area contributed by atoms with Crippen LogP contribution in [0, 0.1) is 30.6 Å². The fourth-order valence-electron chi connectivity index (χ4n) is 5.36. The summed E-state index contributed by atoms with van der Waals surface area (Å²) in [6.45, 7) is 3.60. The number of nitrogens with zero attached hydrogens (tertiary/aromatic N) is 3. The van der Waals surface area contributed by atoms with Crippen molar-refractivity contribution >= 4 is 28.9 Å². The predicted molar refractivity (Wildman–Crippen MR) is 123 cm³/mol. The van der Waals surface area contributed by atoms with Gasteiger partial charge >= 0.3 is 12.1 Å². The second-order valence-electron chi connectivity index (χ2n) is 9.51. The number of alkyl halides is 3. The molecule has 2 saturated carbocycles. The molecule has 35 heavy (non-hydrogen) atoms. The number of hydrogen-bond acceptors (Lipinski definition) is 7. The number of benzene rings is 1. The molecular formula is C24H23F3N4O3S. The number of thiazole rings is 1. The summed E-state index contributed by atoms with van der Waals surface area (Å²) in [5.74, 6) is -0.884. The van der Waals surface area contributed by atoms with Crippen molar-refractivity contribution in [1.82, 2.24) is 15.0 Å². The number of halogens is 3. The van der Waals surface area contributed by atoms with Gasteiger partial charge in [0.1, 0.15) is 16.3 Å². The number of aryl methyl sites for hydroxylation is 1. The number of carbonyl (C=O) groups is 1. The van der Waals surface area contributed by atoms with Crippen LogP contribution < -0.4 is 5.32 Å². The average Bonchev–Trinajstić information content (AvgIpc) is 3.14. The molecule has 7 nitrogen and oxygen atoms in total. The van der Waals surface area contributed by atoms with E-state index >= 15 is 0 Å². The van der Waals surface area contributed by atoms with Gasteiger partial charge in [0.25, 0.3) is 0 Å². The first-order valence-corrected chi connectivity index (χ1v) is 12.0. The lowest BCUT2D eigenvalue weighted by molar-refractivity contribution is -0.142. The fraction of sp³-hybridized carbons (Fsp3) is 0.417. The Kier molecular flexibility index (Phi) is 5.59. The first-order chi connectivity index (χ1) is 16.4. The van der Waals surface area contributed by atoms with Crippen LogP contribution >= 0.6 is 11.3 Å². The molecule has 3 atom stereocenters. The normalized spacial score (nSPS) is 25.1. The van der Waals surface area contributed by atoms with Crippen LogP contribution in [0.2, 0.25) is 0 Å². The third-order valence-electron chi connectivity index (χ3n) is 6.95. The second kappa shape index (κ2) is 8.27. The van der Waals surface area contributed by atoms with Gasteiger partial charge in [0.05, 0.1) is 10.8 Å². The van der Waals surface area contributed by atoms with E-state index in [1.807, 2.05) is 13.0 Å². The van der Waals surface area contributed by atoms with Crippen LogP contribution in [0.3, 0.4) is 0 Å². The number of fused-ring (bicyclic) bond motifs is 1. The van der Waals surface area contributed by atoms with Gasteiger partial charge in [-0.3, -0.25) is 4.79 Å². The third kappa shape index (κ3) is 4.50. The molecule has 2 aliphatic carbocycles. The summed E-state index contributed by atoms with van der Waals surface area (Å²) in [6.07, 6.45) is -0.667. The van der Waals surface area contributed by atoms with Gasteiger partial charge < -0.3 is 15.5 Å². The summed E-state index contributed by atoms with van der Waals surface area (Å²) in [6, 6.07) is 6.28. The van der Waals surface area contributed by atoms with Crippen molar-refractivity contribution in [3.63, 3.8) is 0 Å². The first kappa shape index (κ1) is 23.7. The number of nitrogens with one attached hydrogen (secondary N) is 1. The number of carboxylic acids is 1. The Labute approximate surface area is 203 Å². The highest BCUT2D eigenvalue weighted by molar-refractivity contribution is 7.15. The summed E-state index contributed by atoms with van der Waals surface area (Å²) in [5.41, 5.74) is 0.00340. The average molecular weight is 505 g/mol. The van der Waals surface area contributed by atoms with E-state index in [9.17, 15) is 28.2 Å². The molecule has 2 aromatic heterocycles. The van der Waals surface area contributed by atoms with Gasteiger partial charge in [-0.2, -0.15) is 13.2 Å². The van der Waals surface area contributed by atoms with Gasteiger partial charge in [-0.15, -0.1) is 11.3 Å². The number of carboxylic acid groups (broad SMARTS) is 1. The Hall–Kier alpha value is -3.05. The van der Waals surface area contributed by atoms with Crippen molar-refractivity contribution in [2.75, 3.05) is 5.32 Å². The Balaban J connectivity index is 1.35. The number of rotatable bonds is 6. The largest absolute Gasteiger partial charge is 0.481 e. The zero-order chi connectivity index (χ0) is 25.1. The van der Waals surface area contributed by atoms with Crippen molar-refractivity contribution < 1.29 is 28.2 Å². The molecule has 3 aromatic rings. The maximum atomic E-state index is 13.0. The second-order valence-corrected chi connectivity index (χ2v) is 10.5. The minimum Gasteiger partial charge on any atom is -0.481 e. The Morgan fingerprint density at radius 1 is 1.17 bits per heavy atom. The summed E-state index contributed by atoms with van der Waals surface area (Å²) < 4.78 is 38.9. The van der Waals surface area contributed by atoms with E-state index in [-0.39, 0.29) is 29.6 Å². The highest BCUT2D eigenvalue weighted by atomic mass is 32.1. The van der Waals surface area contributed by atoms with Crippen LogP contribution in [0.5, 0.6) is 0 Å². The van der Waals surface area contributed by atoms with Crippen LogP contribution in [0.1, 0.15) is 36.0 Å². The van der Waals surface area contributed by atoms with Gasteiger partial charge in [0, 0.05) is 24.0 Å². The molecule has 0 aliphatic heterocycles. The molecular weight excluding hydrogens is 481 g/mol. The number of hydrogen-bond donors (Lipinski definition) is 3. The highest BCUT2D eigenvalue weighted by Gasteiger charge is 2.64. The minimum atomic E-state index is -4.57. The van der Waals surface area contributed by atoms with E-state index in [0.717, 1.165) is 28.3 Å². The number of aliphatic carboxylic acids is 1. The topological polar surface area (TPSA) is 108 Å². The Bertz CT molecular complexity index is 1280. The number of aliphatic hydroxyl groups is 1. The molecule has 3 unspecified atom stereocenters. The molecule has 0 spiro atoms. The Morgan fingerprint density at radius 3 is 2.54 bits per heavy atom. The lowest BCUT2D eigenvalue weighted by Gasteiger charge is -2.24. The number of anilines is 2. The zero-order valence-electron chi connectivity index (χ0n) is 18.9. The van der Waals surface area contributed by atoms with Gasteiger partial charge in [0.2, 0.25) is 5.95 Å². The van der Waals surface area contributed by atoms with Gasteiger partial charge in [-0.05, 0) is 67.9 Å².